The van der Waals surface area contributed by atoms with Crippen LogP contribution in [0.5, 0.6) is 0 Å². The van der Waals surface area contributed by atoms with Crippen LogP contribution < -0.4 is 4.90 Å². The number of rotatable bonds is 4. The molecule has 0 radical (unpaired) electrons. The average Bonchev–Trinajstić information content (AvgIpc) is 3.10. The molecule has 0 spiro atoms. The van der Waals surface area contributed by atoms with E-state index in [1.807, 2.05) is 12.1 Å². The van der Waals surface area contributed by atoms with Crippen LogP contribution in [0.3, 0.4) is 0 Å². The van der Waals surface area contributed by atoms with E-state index in [-0.39, 0.29) is 0 Å². The molecule has 2 unspecified atom stereocenters. The molecule has 0 aromatic heterocycles. The fourth-order valence-corrected chi connectivity index (χ4v) is 2.86. The third-order valence-electron chi connectivity index (χ3n) is 3.75. The lowest BCUT2D eigenvalue weighted by atomic mass is 10.1. The van der Waals surface area contributed by atoms with E-state index in [1.165, 1.54) is 18.5 Å². The molecule has 0 saturated heterocycles. The molecule has 1 N–H and O–H groups in total. The van der Waals surface area contributed by atoms with E-state index in [4.69, 9.17) is 0 Å². The summed E-state index contributed by atoms with van der Waals surface area (Å²) in [7, 11) is 2.14. The summed E-state index contributed by atoms with van der Waals surface area (Å²) >= 11 is 3.60. The second-order valence-electron chi connectivity index (χ2n) is 5.08. The van der Waals surface area contributed by atoms with Crippen molar-refractivity contribution in [2.24, 2.45) is 5.92 Å². The molecule has 0 heterocycles. The van der Waals surface area contributed by atoms with Gasteiger partial charge < -0.3 is 10.0 Å². The molecule has 1 aromatic rings. The van der Waals surface area contributed by atoms with E-state index in [0.29, 0.717) is 6.04 Å². The largest absolute Gasteiger partial charge is 0.389 e. The summed E-state index contributed by atoms with van der Waals surface area (Å²) in [5, 5.41) is 9.55. The smallest absolute Gasteiger partial charge is 0.0762 e. The molecule has 2 rings (SSSR count). The normalized spacial score (nSPS) is 18.9. The Hall–Kier alpha value is -0.540. The van der Waals surface area contributed by atoms with Gasteiger partial charge in [-0.15, -0.1) is 0 Å². The number of anilines is 1. The Morgan fingerprint density at radius 1 is 1.35 bits per heavy atom. The zero-order chi connectivity index (χ0) is 12.6. The van der Waals surface area contributed by atoms with Crippen molar-refractivity contribution in [3.8, 4) is 0 Å². The van der Waals surface area contributed by atoms with Gasteiger partial charge in [0.1, 0.15) is 0 Å². The van der Waals surface area contributed by atoms with Crippen LogP contribution >= 0.6 is 15.9 Å². The average molecular weight is 298 g/mol. The molecule has 94 valence electrons. The number of nitrogens with zero attached hydrogens (tertiary/aromatic N) is 1. The zero-order valence-corrected chi connectivity index (χ0v) is 12.2. The second kappa shape index (κ2) is 4.99. The van der Waals surface area contributed by atoms with Crippen LogP contribution in [-0.2, 0) is 0 Å². The lowest BCUT2D eigenvalue weighted by Gasteiger charge is -2.28. The van der Waals surface area contributed by atoms with Gasteiger partial charge >= 0.3 is 0 Å². The van der Waals surface area contributed by atoms with E-state index in [0.717, 1.165) is 16.0 Å². The fourth-order valence-electron chi connectivity index (χ4n) is 2.18. The van der Waals surface area contributed by atoms with Crippen LogP contribution in [0.25, 0.3) is 0 Å². The Morgan fingerprint density at radius 2 is 2.00 bits per heavy atom. The van der Waals surface area contributed by atoms with E-state index >= 15 is 0 Å². The zero-order valence-electron chi connectivity index (χ0n) is 10.7. The van der Waals surface area contributed by atoms with Gasteiger partial charge in [0.05, 0.1) is 11.8 Å². The van der Waals surface area contributed by atoms with Crippen molar-refractivity contribution in [2.45, 2.75) is 38.8 Å². The van der Waals surface area contributed by atoms with E-state index in [9.17, 15) is 5.11 Å². The standard InChI is InChI=1S/C14H20BrNO/c1-9(11-4-5-11)16(3)14-7-6-12(10(2)17)8-13(14)15/h6-11,17H,4-5H2,1-3H3. The minimum atomic E-state index is -0.411. The van der Waals surface area contributed by atoms with Crippen LogP contribution in [0.1, 0.15) is 38.4 Å². The summed E-state index contributed by atoms with van der Waals surface area (Å²) < 4.78 is 1.06. The highest BCUT2D eigenvalue weighted by molar-refractivity contribution is 9.10. The molecule has 0 bridgehead atoms. The monoisotopic (exact) mass is 297 g/mol. The van der Waals surface area contributed by atoms with Crippen LogP contribution in [0.4, 0.5) is 5.69 Å². The van der Waals surface area contributed by atoms with Crippen LogP contribution in [0.15, 0.2) is 22.7 Å². The first kappa shape index (κ1) is 12.9. The van der Waals surface area contributed by atoms with Crippen molar-refractivity contribution >= 4 is 21.6 Å². The molecule has 17 heavy (non-hydrogen) atoms. The third-order valence-corrected chi connectivity index (χ3v) is 4.38. The maximum Gasteiger partial charge on any atom is 0.0762 e. The van der Waals surface area contributed by atoms with Crippen LogP contribution in [0, 0.1) is 5.92 Å². The summed E-state index contributed by atoms with van der Waals surface area (Å²) in [6, 6.07) is 6.69. The molecule has 2 nitrogen and oxygen atoms in total. The number of aliphatic hydroxyl groups excluding tert-OH is 1. The van der Waals surface area contributed by atoms with Crippen molar-refractivity contribution in [2.75, 3.05) is 11.9 Å². The van der Waals surface area contributed by atoms with Gasteiger partial charge in [0.15, 0.2) is 0 Å². The highest BCUT2D eigenvalue weighted by Crippen LogP contribution is 2.38. The van der Waals surface area contributed by atoms with E-state index in [1.54, 1.807) is 6.92 Å². The van der Waals surface area contributed by atoms with Gasteiger partial charge in [0, 0.05) is 17.6 Å². The molecule has 1 aromatic carbocycles. The summed E-state index contributed by atoms with van der Waals surface area (Å²) in [5.41, 5.74) is 2.15. The highest BCUT2D eigenvalue weighted by Gasteiger charge is 2.31. The van der Waals surface area contributed by atoms with Gasteiger partial charge in [-0.1, -0.05) is 6.07 Å². The lowest BCUT2D eigenvalue weighted by molar-refractivity contribution is 0.199. The molecule has 1 saturated carbocycles. The van der Waals surface area contributed by atoms with Crippen molar-refractivity contribution in [3.05, 3.63) is 28.2 Å². The molecule has 1 aliphatic rings. The molecule has 0 amide bonds. The maximum absolute atomic E-state index is 9.55. The van der Waals surface area contributed by atoms with Gasteiger partial charge in [-0.3, -0.25) is 0 Å². The Labute approximate surface area is 112 Å². The van der Waals surface area contributed by atoms with Gasteiger partial charge in [-0.25, -0.2) is 0 Å². The number of aliphatic hydroxyl groups is 1. The Bertz CT molecular complexity index is 401. The fraction of sp³-hybridized carbons (Fsp3) is 0.571. The van der Waals surface area contributed by atoms with E-state index in [2.05, 4.69) is 40.9 Å². The summed E-state index contributed by atoms with van der Waals surface area (Å²) in [6.07, 6.45) is 2.30. The topological polar surface area (TPSA) is 23.5 Å². The van der Waals surface area contributed by atoms with Crippen molar-refractivity contribution in [3.63, 3.8) is 0 Å². The quantitative estimate of drug-likeness (QED) is 0.915. The minimum Gasteiger partial charge on any atom is -0.389 e. The molecular weight excluding hydrogens is 278 g/mol. The SMILES string of the molecule is CC(O)c1ccc(N(C)C(C)C2CC2)c(Br)c1. The maximum atomic E-state index is 9.55. The van der Waals surface area contributed by atoms with Crippen molar-refractivity contribution in [1.82, 2.24) is 0 Å². The predicted molar refractivity (Wildman–Crippen MR) is 75.4 cm³/mol. The van der Waals surface area contributed by atoms with Gasteiger partial charge in [-0.2, -0.15) is 0 Å². The predicted octanol–water partition coefficient (Wildman–Crippen LogP) is 3.74. The molecule has 2 atom stereocenters. The van der Waals surface area contributed by atoms with Crippen molar-refractivity contribution in [1.29, 1.82) is 0 Å². The number of hydrogen-bond acceptors (Lipinski definition) is 2. The Kier molecular flexibility index (Phi) is 3.79. The first-order chi connectivity index (χ1) is 8.00. The molecule has 0 aliphatic heterocycles. The Balaban J connectivity index is 2.20. The Morgan fingerprint density at radius 3 is 2.47 bits per heavy atom. The number of benzene rings is 1. The third kappa shape index (κ3) is 2.83. The van der Waals surface area contributed by atoms with E-state index < -0.39 is 6.10 Å². The molecular formula is C14H20BrNO. The lowest BCUT2D eigenvalue weighted by Crippen LogP contribution is -2.30. The first-order valence-corrected chi connectivity index (χ1v) is 7.00. The van der Waals surface area contributed by atoms with Crippen LogP contribution in [0.2, 0.25) is 0 Å². The summed E-state index contributed by atoms with van der Waals surface area (Å²) in [4.78, 5) is 2.33. The van der Waals surface area contributed by atoms with Crippen molar-refractivity contribution < 1.29 is 5.11 Å². The number of hydrogen-bond donors (Lipinski definition) is 1. The summed E-state index contributed by atoms with van der Waals surface area (Å²) in [5.74, 6) is 0.850. The van der Waals surface area contributed by atoms with Gasteiger partial charge in [0.25, 0.3) is 0 Å². The second-order valence-corrected chi connectivity index (χ2v) is 5.93. The van der Waals surface area contributed by atoms with Crippen LogP contribution in [-0.4, -0.2) is 18.2 Å². The number of halogens is 1. The van der Waals surface area contributed by atoms with Gasteiger partial charge in [0.2, 0.25) is 0 Å². The highest BCUT2D eigenvalue weighted by atomic mass is 79.9. The first-order valence-electron chi connectivity index (χ1n) is 6.21. The molecule has 3 heteroatoms. The molecule has 1 fully saturated rings. The van der Waals surface area contributed by atoms with Gasteiger partial charge in [-0.05, 0) is 66.2 Å². The molecule has 1 aliphatic carbocycles. The summed E-state index contributed by atoms with van der Waals surface area (Å²) in [6.45, 7) is 4.07. The minimum absolute atomic E-state index is 0.411.